The van der Waals surface area contributed by atoms with Gasteiger partial charge in [0.05, 0.1) is 22.9 Å². The molecule has 0 fully saturated rings. The monoisotopic (exact) mass is 412 g/mol. The van der Waals surface area contributed by atoms with Crippen LogP contribution in [0.2, 0.25) is 0 Å². The van der Waals surface area contributed by atoms with E-state index in [4.69, 9.17) is 14.6 Å². The highest BCUT2D eigenvalue weighted by atomic mass is 32.2. The molecule has 29 heavy (non-hydrogen) atoms. The van der Waals surface area contributed by atoms with Gasteiger partial charge in [0.25, 0.3) is 15.9 Å². The summed E-state index contributed by atoms with van der Waals surface area (Å²) in [6, 6.07) is 6.06. The van der Waals surface area contributed by atoms with Crippen LogP contribution in [0.25, 0.3) is 22.5 Å². The van der Waals surface area contributed by atoms with E-state index in [1.54, 1.807) is 19.2 Å². The minimum atomic E-state index is -4.15. The van der Waals surface area contributed by atoms with Crippen molar-refractivity contribution in [1.29, 1.82) is 5.26 Å². The third-order valence-corrected chi connectivity index (χ3v) is 4.86. The van der Waals surface area contributed by atoms with E-state index in [1.165, 1.54) is 18.5 Å². The fraction of sp³-hybridized carbons (Fsp3) is 0.0625. The lowest BCUT2D eigenvalue weighted by Crippen LogP contribution is -2.27. The van der Waals surface area contributed by atoms with Crippen molar-refractivity contribution in [2.75, 3.05) is 5.48 Å². The number of hydrogen-bond acceptors (Lipinski definition) is 10. The maximum Gasteiger partial charge on any atom is 0.281 e. The molecule has 13 heteroatoms. The maximum absolute atomic E-state index is 12.4. The first-order valence-electron chi connectivity index (χ1n) is 8.04. The minimum Gasteiger partial charge on any atom is -0.421 e. The summed E-state index contributed by atoms with van der Waals surface area (Å²) in [6.07, 6.45) is 4.35. The van der Waals surface area contributed by atoms with Crippen molar-refractivity contribution >= 4 is 26.7 Å². The Labute approximate surface area is 163 Å². The van der Waals surface area contributed by atoms with E-state index in [1.807, 2.05) is 11.0 Å². The number of aryl methyl sites for hydroxylation is 1. The number of hydrogen-bond donors (Lipinski definition) is 3. The Morgan fingerprint density at radius 2 is 2.14 bits per heavy atom. The highest BCUT2D eigenvalue weighted by Gasteiger charge is 2.20. The number of nitrogens with zero attached hydrogens (tertiary/aromatic N) is 5. The van der Waals surface area contributed by atoms with Gasteiger partial charge in [-0.1, -0.05) is 4.89 Å². The topological polar surface area (TPSA) is 172 Å². The van der Waals surface area contributed by atoms with Crippen LogP contribution in [-0.2, 0) is 15.0 Å². The van der Waals surface area contributed by atoms with E-state index < -0.39 is 10.0 Å². The lowest BCUT2D eigenvalue weighted by molar-refractivity contribution is 0.149. The second-order valence-electron chi connectivity index (χ2n) is 5.70. The molecule has 4 aromatic heterocycles. The molecule has 12 nitrogen and oxygen atoms in total. The van der Waals surface area contributed by atoms with Gasteiger partial charge in [-0.15, -0.1) is 10.2 Å². The van der Waals surface area contributed by atoms with Gasteiger partial charge in [0.1, 0.15) is 5.65 Å². The molecule has 0 amide bonds. The van der Waals surface area contributed by atoms with Gasteiger partial charge in [-0.05, 0) is 18.2 Å². The van der Waals surface area contributed by atoms with E-state index >= 15 is 0 Å². The van der Waals surface area contributed by atoms with Gasteiger partial charge < -0.3 is 9.40 Å². The summed E-state index contributed by atoms with van der Waals surface area (Å²) < 4.78 is 30.1. The fourth-order valence-corrected chi connectivity index (χ4v) is 3.20. The summed E-state index contributed by atoms with van der Waals surface area (Å²) in [5.41, 5.74) is 3.96. The predicted molar refractivity (Wildman–Crippen MR) is 98.1 cm³/mol. The Bertz CT molecular complexity index is 1340. The van der Waals surface area contributed by atoms with E-state index in [9.17, 15) is 8.42 Å². The van der Waals surface area contributed by atoms with Crippen molar-refractivity contribution in [2.45, 2.75) is 11.9 Å². The summed E-state index contributed by atoms with van der Waals surface area (Å²) in [5.74, 6) is 0.528. The molecule has 0 radical (unpaired) electrons. The molecule has 0 atom stereocenters. The number of nitrogens with one attached hydrogen (secondary N) is 3. The van der Waals surface area contributed by atoms with Gasteiger partial charge >= 0.3 is 0 Å². The summed E-state index contributed by atoms with van der Waals surface area (Å²) in [6.45, 7) is 1.64. The van der Waals surface area contributed by atoms with Gasteiger partial charge in [-0.25, -0.2) is 23.9 Å². The summed E-state index contributed by atoms with van der Waals surface area (Å²) in [4.78, 5) is 17.9. The Kier molecular flexibility index (Phi) is 4.64. The molecule has 3 N–H and O–H groups in total. The number of pyridine rings is 2. The average molecular weight is 412 g/mol. The van der Waals surface area contributed by atoms with Gasteiger partial charge in [0.15, 0.2) is 5.03 Å². The van der Waals surface area contributed by atoms with Crippen LogP contribution in [0.15, 0.2) is 46.2 Å². The molecule has 0 bridgehead atoms. The Balaban J connectivity index is 1.61. The van der Waals surface area contributed by atoms with E-state index in [-0.39, 0.29) is 16.5 Å². The number of H-pyrrole nitrogens is 1. The SMILES string of the molecule is Cc1nnc(-c2cnc3[nH]ccc3c2NONS(=O)(=O)c2cc(C#N)ccn2)o1. The second-order valence-corrected chi connectivity index (χ2v) is 7.29. The molecule has 4 heterocycles. The molecule has 0 saturated carbocycles. The molecule has 146 valence electrons. The predicted octanol–water partition coefficient (Wildman–Crippen LogP) is 1.42. The number of aromatic nitrogens is 5. The normalized spacial score (nSPS) is 11.4. The Hall–Kier alpha value is -3.86. The highest BCUT2D eigenvalue weighted by molar-refractivity contribution is 7.89. The molecular formula is C16H12N8O4S. The number of anilines is 1. The van der Waals surface area contributed by atoms with Crippen LogP contribution >= 0.6 is 0 Å². The minimum absolute atomic E-state index is 0.144. The first kappa shape index (κ1) is 18.5. The third kappa shape index (κ3) is 3.62. The molecule has 0 aliphatic rings. The molecule has 0 aromatic carbocycles. The quantitative estimate of drug-likeness (QED) is 0.393. The smallest absolute Gasteiger partial charge is 0.281 e. The van der Waals surface area contributed by atoms with Crippen molar-refractivity contribution in [2.24, 2.45) is 0 Å². The fourth-order valence-electron chi connectivity index (χ4n) is 2.48. The number of fused-ring (bicyclic) bond motifs is 1. The Morgan fingerprint density at radius 3 is 2.90 bits per heavy atom. The molecule has 4 rings (SSSR count). The van der Waals surface area contributed by atoms with Crippen molar-refractivity contribution in [3.05, 3.63) is 48.2 Å². The van der Waals surface area contributed by atoms with Crippen molar-refractivity contribution < 1.29 is 17.8 Å². The zero-order chi connectivity index (χ0) is 20.4. The highest BCUT2D eigenvalue weighted by Crippen LogP contribution is 2.32. The van der Waals surface area contributed by atoms with Crippen molar-refractivity contribution in [3.63, 3.8) is 0 Å². The number of rotatable bonds is 6. The molecule has 4 aromatic rings. The van der Waals surface area contributed by atoms with Crippen LogP contribution in [0.5, 0.6) is 0 Å². The molecule has 0 aliphatic heterocycles. The first-order valence-corrected chi connectivity index (χ1v) is 9.52. The van der Waals surface area contributed by atoms with E-state index in [2.05, 4.69) is 30.6 Å². The zero-order valence-electron chi connectivity index (χ0n) is 14.7. The standard InChI is InChI=1S/C16H12N8O4S/c1-9-21-22-16(27-9)12-8-20-15-11(3-5-19-15)14(12)23-28-24-29(25,26)13-6-10(7-17)2-4-18-13/h2-6,8,24H,1H3,(H2,19,20,23). The van der Waals surface area contributed by atoms with Gasteiger partial charge in [-0.3, -0.25) is 0 Å². The molecule has 0 saturated heterocycles. The maximum atomic E-state index is 12.4. The summed E-state index contributed by atoms with van der Waals surface area (Å²) in [7, 11) is -4.15. The Morgan fingerprint density at radius 1 is 1.28 bits per heavy atom. The first-order chi connectivity index (χ1) is 14.0. The van der Waals surface area contributed by atoms with Crippen molar-refractivity contribution in [1.82, 2.24) is 30.0 Å². The van der Waals surface area contributed by atoms with Crippen molar-refractivity contribution in [3.8, 4) is 17.5 Å². The van der Waals surface area contributed by atoms with E-state index in [0.717, 1.165) is 6.07 Å². The lowest BCUT2D eigenvalue weighted by Gasteiger charge is -2.11. The van der Waals surface area contributed by atoms with Crippen LogP contribution < -0.4 is 10.4 Å². The largest absolute Gasteiger partial charge is 0.421 e. The summed E-state index contributed by atoms with van der Waals surface area (Å²) >= 11 is 0. The number of nitriles is 1. The van der Waals surface area contributed by atoms with Gasteiger partial charge in [0, 0.05) is 30.9 Å². The van der Waals surface area contributed by atoms with E-state index in [0.29, 0.717) is 28.2 Å². The molecule has 0 spiro atoms. The number of sulfonamides is 1. The average Bonchev–Trinajstić information content (AvgIpc) is 3.37. The lowest BCUT2D eigenvalue weighted by atomic mass is 10.2. The number of aromatic amines is 1. The van der Waals surface area contributed by atoms with Crippen LogP contribution in [0.4, 0.5) is 5.69 Å². The third-order valence-electron chi connectivity index (χ3n) is 3.79. The van der Waals surface area contributed by atoms with Crippen LogP contribution in [0, 0.1) is 18.3 Å². The van der Waals surface area contributed by atoms with Gasteiger partial charge in [0.2, 0.25) is 5.89 Å². The molecule has 0 aliphatic carbocycles. The van der Waals surface area contributed by atoms with Crippen LogP contribution in [-0.4, -0.2) is 33.6 Å². The molecule has 0 unspecified atom stereocenters. The van der Waals surface area contributed by atoms with Gasteiger partial charge in [-0.2, -0.15) is 10.2 Å². The summed E-state index contributed by atoms with van der Waals surface area (Å²) in [5, 5.41) is 16.9. The zero-order valence-corrected chi connectivity index (χ0v) is 15.6. The molecular weight excluding hydrogens is 400 g/mol. The van der Waals surface area contributed by atoms with Crippen LogP contribution in [0.1, 0.15) is 11.5 Å². The second kappa shape index (κ2) is 7.28. The van der Waals surface area contributed by atoms with Crippen LogP contribution in [0.3, 0.4) is 0 Å².